The van der Waals surface area contributed by atoms with Crippen LogP contribution in [0.5, 0.6) is 5.75 Å². The number of alkyl halides is 6. The number of aromatic nitrogens is 9. The quantitative estimate of drug-likeness (QED) is 0.0356. The summed E-state index contributed by atoms with van der Waals surface area (Å²) >= 11 is 6.00. The van der Waals surface area contributed by atoms with Crippen LogP contribution in [-0.4, -0.2) is 117 Å². The Kier molecular flexibility index (Phi) is 22.6. The number of nitrogens with one attached hydrogen (secondary N) is 7. The van der Waals surface area contributed by atoms with Crippen LogP contribution in [0.2, 0.25) is 5.02 Å². The first-order valence-corrected chi connectivity index (χ1v) is 28.0. The molecular weight excluding hydrogens is 1260 g/mol. The van der Waals surface area contributed by atoms with Gasteiger partial charge in [0, 0.05) is 69.6 Å². The smallest absolute Gasteiger partial charge is 0.405 e. The summed E-state index contributed by atoms with van der Waals surface area (Å²) in [4.78, 5) is 71.9. The molecule has 0 unspecified atom stereocenters. The average Bonchev–Trinajstić information content (AvgIpc) is 1.67. The second kappa shape index (κ2) is 30.0. The van der Waals surface area contributed by atoms with Gasteiger partial charge in [-0.25, -0.2) is 43.1 Å². The third kappa shape index (κ3) is 18.3. The fraction of sp³-hybridized carbons (Fsp3) is 0.246. The summed E-state index contributed by atoms with van der Waals surface area (Å²) in [6.07, 6.45) is -7.45. The van der Waals surface area contributed by atoms with E-state index in [1.807, 2.05) is 25.1 Å². The molecule has 9 rings (SSSR count). The Morgan fingerprint density at radius 3 is 1.73 bits per heavy atom. The van der Waals surface area contributed by atoms with Crippen LogP contribution in [0.4, 0.5) is 57.4 Å². The third-order valence-corrected chi connectivity index (χ3v) is 13.9. The van der Waals surface area contributed by atoms with Crippen molar-refractivity contribution in [2.45, 2.75) is 72.1 Å². The number of hydrogen-bond acceptors (Lipinski definition) is 16. The molecule has 22 nitrogen and oxygen atoms in total. The number of nitriles is 1. The number of aromatic amines is 3. The molecule has 1 atom stereocenters. The Bertz CT molecular complexity index is 4210. The predicted molar refractivity (Wildman–Crippen MR) is 325 cm³/mol. The number of aliphatic hydroxyl groups excluding tert-OH is 1. The molecule has 3 aromatic carbocycles. The fourth-order valence-electron chi connectivity index (χ4n) is 9.55. The molecule has 3 amide bonds. The monoisotopic (exact) mass is 1320 g/mol. The summed E-state index contributed by atoms with van der Waals surface area (Å²) < 4.78 is 118. The van der Waals surface area contributed by atoms with Crippen molar-refractivity contribution in [2.24, 2.45) is 0 Å². The molecule has 0 saturated heterocycles. The van der Waals surface area contributed by atoms with Gasteiger partial charge in [-0.15, -0.1) is 0 Å². The molecule has 13 N–H and O–H groups in total. The Balaban J connectivity index is 0.000000198. The number of carbonyl (C=O) groups excluding carboxylic acids is 3. The van der Waals surface area contributed by atoms with Crippen molar-refractivity contribution >= 4 is 47.2 Å². The van der Waals surface area contributed by atoms with Crippen LogP contribution in [0, 0.1) is 56.5 Å². The number of amides is 3. The van der Waals surface area contributed by atoms with Crippen LogP contribution >= 0.6 is 11.6 Å². The van der Waals surface area contributed by atoms with Gasteiger partial charge in [-0.2, -0.15) is 31.6 Å². The highest BCUT2D eigenvalue weighted by Gasteiger charge is 2.35. The largest absolute Gasteiger partial charge is 0.504 e. The number of H-pyrrole nitrogens is 3. The molecule has 9 aromatic rings. The average molecular weight is 1320 g/mol. The molecule has 0 aliphatic carbocycles. The third-order valence-electron chi connectivity index (χ3n) is 13.6. The molecule has 0 aliphatic rings. The molecular formula is C61H59ClF9N17O5. The molecule has 488 valence electrons. The zero-order valence-corrected chi connectivity index (χ0v) is 50.9. The summed E-state index contributed by atoms with van der Waals surface area (Å²) in [6, 6.07) is 19.0. The van der Waals surface area contributed by atoms with Crippen LogP contribution in [0.15, 0.2) is 91.4 Å². The van der Waals surface area contributed by atoms with Crippen LogP contribution in [0.25, 0.3) is 33.8 Å². The van der Waals surface area contributed by atoms with E-state index in [0.29, 0.717) is 62.0 Å². The van der Waals surface area contributed by atoms with E-state index in [4.69, 9.17) is 23.1 Å². The summed E-state index contributed by atoms with van der Waals surface area (Å²) in [7, 11) is 3.69. The van der Waals surface area contributed by atoms with E-state index < -0.39 is 60.6 Å². The number of aryl methyl sites for hydroxylation is 3. The molecule has 6 heterocycles. The molecule has 0 fully saturated rings. The zero-order valence-electron chi connectivity index (χ0n) is 50.1. The lowest BCUT2D eigenvalue weighted by Gasteiger charge is -2.17. The number of aromatic hydroxyl groups is 1. The first-order valence-electron chi connectivity index (χ1n) is 27.6. The Morgan fingerprint density at radius 2 is 1.20 bits per heavy atom. The van der Waals surface area contributed by atoms with Crippen molar-refractivity contribution < 1.29 is 64.1 Å². The fourth-order valence-corrected chi connectivity index (χ4v) is 9.75. The van der Waals surface area contributed by atoms with Gasteiger partial charge in [-0.3, -0.25) is 14.4 Å². The molecule has 0 saturated carbocycles. The van der Waals surface area contributed by atoms with Gasteiger partial charge in [0.2, 0.25) is 17.8 Å². The van der Waals surface area contributed by atoms with Gasteiger partial charge in [0.25, 0.3) is 17.7 Å². The minimum atomic E-state index is -4.64. The van der Waals surface area contributed by atoms with Crippen LogP contribution in [0.1, 0.15) is 93.5 Å². The second-order valence-electron chi connectivity index (χ2n) is 20.9. The Morgan fingerprint density at radius 1 is 0.677 bits per heavy atom. The van der Waals surface area contributed by atoms with Crippen molar-refractivity contribution in [3.05, 3.63) is 187 Å². The minimum Gasteiger partial charge on any atom is -0.504 e. The van der Waals surface area contributed by atoms with Gasteiger partial charge >= 0.3 is 12.4 Å². The number of nitrogens with two attached hydrogens (primary N) is 2. The summed E-state index contributed by atoms with van der Waals surface area (Å²) in [6.45, 7) is 5.31. The summed E-state index contributed by atoms with van der Waals surface area (Å²) in [5.74, 6) is -4.20. The molecule has 0 radical (unpaired) electrons. The molecule has 0 aliphatic heterocycles. The minimum absolute atomic E-state index is 0.0241. The number of nitrogen functional groups attached to an aromatic ring is 2. The number of nitrogens with zero attached hydrogens (tertiary/aromatic N) is 8. The van der Waals surface area contributed by atoms with E-state index in [-0.39, 0.29) is 100 Å². The standard InChI is InChI=1S/C22H20ClF3N6O2.C20H22F2N6O.C19H17F4N5O2/c1-11-17(19-14(7-27)8-28-21(32-19)29-10-22(24,25)26)12(2)30-18(11)20(34)31-16(9-33)13-4-3-5-15(23)6-13;1-11-16(18-15(22)9-25-20(23)27-18)14(10-28(2)3)17(26-11)19(29)24-8-12-4-6-13(21)7-5-12;1-9-14(16-13(29)8-26-18(24)28-16)12(6-19(21,22)23)15(27-9)17(30)25-7-10-2-4-11(20)5-3-10/h3-6,8,16,30,33H,9-10H2,1-2H3,(H,31,34)(H,28,29,32);4-7,9,26H,8,10H2,1-3H3,(H,24,29)(H2,23,25,27);2-5,8,27,29H,6-7H2,1H3,(H,25,30)(H2,24,26,28)/t16-;;/m1../s1. The van der Waals surface area contributed by atoms with Gasteiger partial charge in [-0.1, -0.05) is 48.0 Å². The van der Waals surface area contributed by atoms with Crippen LogP contribution in [0.3, 0.4) is 0 Å². The number of rotatable bonds is 18. The maximum absolute atomic E-state index is 14.4. The highest BCUT2D eigenvalue weighted by Crippen LogP contribution is 2.39. The molecule has 0 bridgehead atoms. The number of carbonyl (C=O) groups is 3. The highest BCUT2D eigenvalue weighted by atomic mass is 35.5. The first-order chi connectivity index (χ1) is 43.8. The topological polar surface area (TPSA) is 344 Å². The number of benzene rings is 3. The lowest BCUT2D eigenvalue weighted by Crippen LogP contribution is -2.31. The molecule has 6 aromatic heterocycles. The van der Waals surface area contributed by atoms with Gasteiger partial charge < -0.3 is 62.8 Å². The van der Waals surface area contributed by atoms with Crippen LogP contribution in [-0.2, 0) is 26.1 Å². The maximum Gasteiger partial charge on any atom is 0.405 e. The zero-order chi connectivity index (χ0) is 68.2. The normalized spacial score (nSPS) is 11.6. The lowest BCUT2D eigenvalue weighted by atomic mass is 10.0. The predicted octanol–water partition coefficient (Wildman–Crippen LogP) is 9.93. The van der Waals surface area contributed by atoms with Crippen molar-refractivity contribution in [3.8, 4) is 45.6 Å². The summed E-state index contributed by atoms with van der Waals surface area (Å²) in [5.41, 5.74) is 15.8. The van der Waals surface area contributed by atoms with Crippen molar-refractivity contribution in [3.63, 3.8) is 0 Å². The van der Waals surface area contributed by atoms with Crippen molar-refractivity contribution in [1.29, 1.82) is 5.26 Å². The first kappa shape index (κ1) is 69.9. The lowest BCUT2D eigenvalue weighted by molar-refractivity contribution is -0.127. The van der Waals surface area contributed by atoms with Crippen molar-refractivity contribution in [1.82, 2.24) is 65.7 Å². The van der Waals surface area contributed by atoms with Crippen LogP contribution < -0.4 is 32.7 Å². The molecule has 93 heavy (non-hydrogen) atoms. The highest BCUT2D eigenvalue weighted by molar-refractivity contribution is 6.30. The van der Waals surface area contributed by atoms with E-state index in [0.717, 1.165) is 24.2 Å². The molecule has 0 spiro atoms. The van der Waals surface area contributed by atoms with E-state index in [9.17, 15) is 69.4 Å². The number of halogens is 10. The second-order valence-corrected chi connectivity index (χ2v) is 21.4. The number of aliphatic hydroxyl groups is 1. The Labute approximate surface area is 529 Å². The van der Waals surface area contributed by atoms with Gasteiger partial charge in [0.15, 0.2) is 11.6 Å². The SMILES string of the molecule is Cc1[nH]c(C(=O)NCc2ccc(F)cc2)c(CC(F)(F)F)c1-c1nc(N)ncc1O.Cc1[nH]c(C(=O)NCc2ccc(F)cc2)c(CN(C)C)c1-c1nc(N)ncc1F.Cc1[nH]c(C(=O)N[C@H](CO)c2cccc(Cl)c2)c(C)c1-c1nc(NCC(F)(F)F)ncc1C#N. The maximum atomic E-state index is 14.4. The number of anilines is 3. The molecule has 32 heteroatoms. The number of hydrogen-bond donors (Lipinski definition) is 11. The van der Waals surface area contributed by atoms with E-state index in [1.54, 1.807) is 57.2 Å². The van der Waals surface area contributed by atoms with Gasteiger partial charge in [0.05, 0.1) is 48.9 Å². The van der Waals surface area contributed by atoms with E-state index >= 15 is 0 Å². The van der Waals surface area contributed by atoms with Crippen molar-refractivity contribution in [2.75, 3.05) is 44.0 Å². The van der Waals surface area contributed by atoms with E-state index in [2.05, 4.69) is 66.1 Å². The Hall–Kier alpha value is -10.6. The van der Waals surface area contributed by atoms with E-state index in [1.165, 1.54) is 43.3 Å². The summed E-state index contributed by atoms with van der Waals surface area (Å²) in [5, 5.41) is 39.8. The van der Waals surface area contributed by atoms with Gasteiger partial charge in [-0.05, 0) is 100 Å². The van der Waals surface area contributed by atoms with Gasteiger partial charge in [0.1, 0.15) is 52.7 Å².